The quantitative estimate of drug-likeness (QED) is 0.565. The number of anilines is 1. The van der Waals surface area contributed by atoms with Gasteiger partial charge in [-0.15, -0.1) is 0 Å². The first-order valence-corrected chi connectivity index (χ1v) is 13.9. The van der Waals surface area contributed by atoms with E-state index in [0.717, 1.165) is 42.0 Å². The lowest BCUT2D eigenvalue weighted by Gasteiger charge is -2.35. The number of hydrogen-bond acceptors (Lipinski definition) is 8. The van der Waals surface area contributed by atoms with E-state index in [1.165, 1.54) is 4.31 Å². The summed E-state index contributed by atoms with van der Waals surface area (Å²) in [5, 5.41) is 18.7. The molecule has 4 rings (SSSR count). The number of aromatic nitrogens is 2. The molecule has 0 radical (unpaired) electrons. The fourth-order valence-electron chi connectivity index (χ4n) is 4.89. The maximum atomic E-state index is 12.2. The predicted molar refractivity (Wildman–Crippen MR) is 134 cm³/mol. The fourth-order valence-corrected chi connectivity index (χ4v) is 5.75. The van der Waals surface area contributed by atoms with Crippen LogP contribution in [0, 0.1) is 0 Å². The highest BCUT2D eigenvalue weighted by Crippen LogP contribution is 2.37. The molecule has 1 amide bonds. The molecule has 1 aliphatic heterocycles. The highest BCUT2D eigenvalue weighted by atomic mass is 32.2. The van der Waals surface area contributed by atoms with Crippen LogP contribution in [0.15, 0.2) is 24.5 Å². The van der Waals surface area contributed by atoms with Crippen LogP contribution in [0.2, 0.25) is 0 Å². The van der Waals surface area contributed by atoms with Crippen molar-refractivity contribution in [3.8, 4) is 0 Å². The number of rotatable bonds is 5. The van der Waals surface area contributed by atoms with Gasteiger partial charge in [-0.2, -0.15) is 4.31 Å². The van der Waals surface area contributed by atoms with Crippen LogP contribution in [0.3, 0.4) is 0 Å². The summed E-state index contributed by atoms with van der Waals surface area (Å²) in [6, 6.07) is 3.59. The van der Waals surface area contributed by atoms with Gasteiger partial charge < -0.3 is 20.5 Å². The maximum absolute atomic E-state index is 12.2. The fraction of sp³-hybridized carbons (Fsp3) is 0.625. The number of ether oxygens (including phenoxy) is 1. The molecule has 192 valence electrons. The number of carbonyl (C=O) groups excluding carboxylic acids is 1. The van der Waals surface area contributed by atoms with Gasteiger partial charge in [-0.25, -0.2) is 18.2 Å². The molecule has 0 spiro atoms. The van der Waals surface area contributed by atoms with E-state index in [-0.39, 0.29) is 24.5 Å². The van der Waals surface area contributed by atoms with Crippen LogP contribution >= 0.6 is 0 Å². The largest absolute Gasteiger partial charge is 0.444 e. The van der Waals surface area contributed by atoms with Crippen LogP contribution in [0.4, 0.5) is 10.6 Å². The van der Waals surface area contributed by atoms with Crippen LogP contribution in [-0.4, -0.2) is 77.0 Å². The van der Waals surface area contributed by atoms with Crippen LogP contribution in [0.1, 0.15) is 58.1 Å². The average Bonchev–Trinajstić information content (AvgIpc) is 3.20. The van der Waals surface area contributed by atoms with Crippen molar-refractivity contribution in [3.05, 3.63) is 30.2 Å². The number of nitrogens with one attached hydrogen (secondary N) is 2. The highest BCUT2D eigenvalue weighted by Gasteiger charge is 2.33. The third kappa shape index (κ3) is 6.39. The van der Waals surface area contributed by atoms with Gasteiger partial charge in [-0.1, -0.05) is 0 Å². The van der Waals surface area contributed by atoms with E-state index in [2.05, 4.69) is 20.6 Å². The normalized spacial score (nSPS) is 26.0. The van der Waals surface area contributed by atoms with E-state index in [1.54, 1.807) is 12.4 Å². The summed E-state index contributed by atoms with van der Waals surface area (Å²) in [5.74, 6) is 0.808. The molecule has 1 saturated heterocycles. The zero-order valence-corrected chi connectivity index (χ0v) is 21.5. The summed E-state index contributed by atoms with van der Waals surface area (Å²) in [6.07, 6.45) is 6.50. The van der Waals surface area contributed by atoms with Crippen LogP contribution < -0.4 is 10.6 Å². The molecule has 2 fully saturated rings. The van der Waals surface area contributed by atoms with Crippen molar-refractivity contribution in [3.63, 3.8) is 0 Å². The number of carbonyl (C=O) groups is 1. The van der Waals surface area contributed by atoms with Crippen molar-refractivity contribution in [1.82, 2.24) is 19.6 Å². The zero-order chi connectivity index (χ0) is 25.4. The monoisotopic (exact) mass is 505 g/mol. The standard InChI is InChI=1S/C24H35N5O5S/c1-24(2,3)34-23(31)27-17-6-5-15(11-17)22-18-12-21(26-13-16(18)7-9-25-22)28-19-8-10-29(14-20(19)30)35(4,32)33/h7,9,12-13,15,17,19-20,30H,5-6,8,10-11,14H2,1-4H3,(H,26,28)(H,27,31)/t15-,17+,19-,20-/m1/s1. The van der Waals surface area contributed by atoms with Gasteiger partial charge >= 0.3 is 6.09 Å². The van der Waals surface area contributed by atoms with Gasteiger partial charge in [-0.3, -0.25) is 4.98 Å². The second-order valence-corrected chi connectivity index (χ2v) is 12.6. The Morgan fingerprint density at radius 3 is 2.69 bits per heavy atom. The third-order valence-corrected chi connectivity index (χ3v) is 7.84. The molecule has 11 heteroatoms. The van der Waals surface area contributed by atoms with Crippen molar-refractivity contribution in [1.29, 1.82) is 0 Å². The van der Waals surface area contributed by atoms with Crippen LogP contribution in [0.5, 0.6) is 0 Å². The van der Waals surface area contributed by atoms with E-state index < -0.39 is 27.8 Å². The molecular formula is C24H35N5O5S. The van der Waals surface area contributed by atoms with E-state index in [0.29, 0.717) is 18.8 Å². The first kappa shape index (κ1) is 25.6. The van der Waals surface area contributed by atoms with Crippen molar-refractivity contribution >= 4 is 32.7 Å². The topological polar surface area (TPSA) is 134 Å². The number of hydrogen-bond donors (Lipinski definition) is 3. The maximum Gasteiger partial charge on any atom is 0.407 e. The Hall–Kier alpha value is -2.50. The number of nitrogens with zero attached hydrogens (tertiary/aromatic N) is 3. The van der Waals surface area contributed by atoms with Crippen molar-refractivity contribution in [2.75, 3.05) is 24.7 Å². The summed E-state index contributed by atoms with van der Waals surface area (Å²) >= 11 is 0. The molecule has 3 N–H and O–H groups in total. The molecule has 3 heterocycles. The number of aliphatic hydroxyl groups is 1. The summed E-state index contributed by atoms with van der Waals surface area (Å²) in [7, 11) is -3.33. The molecule has 2 aromatic rings. The molecule has 10 nitrogen and oxygen atoms in total. The van der Waals surface area contributed by atoms with E-state index in [9.17, 15) is 18.3 Å². The zero-order valence-electron chi connectivity index (χ0n) is 20.7. The van der Waals surface area contributed by atoms with Gasteiger partial charge in [-0.05, 0) is 58.6 Å². The molecule has 1 aliphatic carbocycles. The summed E-state index contributed by atoms with van der Waals surface area (Å²) in [5.41, 5.74) is 0.430. The van der Waals surface area contributed by atoms with Crippen molar-refractivity contribution in [2.45, 2.75) is 76.2 Å². The Balaban J connectivity index is 1.46. The minimum Gasteiger partial charge on any atom is -0.444 e. The van der Waals surface area contributed by atoms with Crippen LogP contribution in [-0.2, 0) is 14.8 Å². The second-order valence-electron chi connectivity index (χ2n) is 10.6. The van der Waals surface area contributed by atoms with E-state index in [4.69, 9.17) is 4.74 Å². The van der Waals surface area contributed by atoms with E-state index in [1.807, 2.05) is 32.9 Å². The number of β-amino-alcohol motifs (C(OH)–C–C–N with tert-alkyl or cyclic N) is 1. The SMILES string of the molecule is CC(C)(C)OC(=O)N[C@H]1CC[C@@H](c2nccc3cnc(N[C@@H]4CCN(S(C)(=O)=O)C[C@H]4O)cc23)C1. The van der Waals surface area contributed by atoms with Gasteiger partial charge in [0.1, 0.15) is 11.4 Å². The summed E-state index contributed by atoms with van der Waals surface area (Å²) in [6.45, 7) is 5.94. The smallest absolute Gasteiger partial charge is 0.407 e. The van der Waals surface area contributed by atoms with Crippen molar-refractivity contribution in [2.24, 2.45) is 0 Å². The number of fused-ring (bicyclic) bond motifs is 1. The van der Waals surface area contributed by atoms with Gasteiger partial charge in [0.15, 0.2) is 0 Å². The Morgan fingerprint density at radius 1 is 1.23 bits per heavy atom. The second kappa shape index (κ2) is 9.87. The first-order chi connectivity index (χ1) is 16.4. The summed E-state index contributed by atoms with van der Waals surface area (Å²) in [4.78, 5) is 21.4. The first-order valence-electron chi connectivity index (χ1n) is 12.0. The third-order valence-electron chi connectivity index (χ3n) is 6.57. The Kier molecular flexibility index (Phi) is 7.21. The van der Waals surface area contributed by atoms with Gasteiger partial charge in [0.25, 0.3) is 0 Å². The van der Waals surface area contributed by atoms with Crippen molar-refractivity contribution < 1.29 is 23.1 Å². The molecule has 1 saturated carbocycles. The minimum absolute atomic E-state index is 0.0292. The average molecular weight is 506 g/mol. The number of piperidine rings is 1. The van der Waals surface area contributed by atoms with E-state index >= 15 is 0 Å². The lowest BCUT2D eigenvalue weighted by Crippen LogP contribution is -2.51. The lowest BCUT2D eigenvalue weighted by atomic mass is 9.98. The van der Waals surface area contributed by atoms with Gasteiger partial charge in [0, 0.05) is 48.2 Å². The number of pyridine rings is 2. The summed E-state index contributed by atoms with van der Waals surface area (Å²) < 4.78 is 30.3. The molecule has 35 heavy (non-hydrogen) atoms. The number of amides is 1. The minimum atomic E-state index is -3.33. The Labute approximate surface area is 206 Å². The Morgan fingerprint density at radius 2 is 2.00 bits per heavy atom. The number of aliphatic hydroxyl groups excluding tert-OH is 1. The molecular weight excluding hydrogens is 470 g/mol. The number of alkyl carbamates (subject to hydrolysis) is 1. The molecule has 2 aromatic heterocycles. The Bertz CT molecular complexity index is 1180. The van der Waals surface area contributed by atoms with Gasteiger partial charge in [0.2, 0.25) is 10.0 Å². The highest BCUT2D eigenvalue weighted by molar-refractivity contribution is 7.88. The lowest BCUT2D eigenvalue weighted by molar-refractivity contribution is 0.0505. The number of sulfonamides is 1. The molecule has 2 aliphatic rings. The van der Waals surface area contributed by atoms with Crippen LogP contribution in [0.25, 0.3) is 10.8 Å². The molecule has 0 bridgehead atoms. The molecule has 4 atom stereocenters. The van der Waals surface area contributed by atoms with Gasteiger partial charge in [0.05, 0.1) is 24.1 Å². The molecule has 0 aromatic carbocycles. The molecule has 0 unspecified atom stereocenters. The predicted octanol–water partition coefficient (Wildman–Crippen LogP) is 2.60.